The first-order chi connectivity index (χ1) is 15.8. The Kier molecular flexibility index (Phi) is 6.33. The number of halogens is 2. The van der Waals surface area contributed by atoms with Crippen molar-refractivity contribution in [2.45, 2.75) is 19.6 Å². The summed E-state index contributed by atoms with van der Waals surface area (Å²) < 4.78 is 42.7. The van der Waals surface area contributed by atoms with Gasteiger partial charge >= 0.3 is 6.09 Å². The molecular weight excluding hydrogens is 432 g/mol. The van der Waals surface area contributed by atoms with Crippen molar-refractivity contribution >= 4 is 22.9 Å². The number of aromatic nitrogens is 1. The van der Waals surface area contributed by atoms with Crippen molar-refractivity contribution in [2.75, 3.05) is 33.9 Å². The highest BCUT2D eigenvalue weighted by molar-refractivity contribution is 5.95. The zero-order valence-corrected chi connectivity index (χ0v) is 18.7. The fourth-order valence-corrected chi connectivity index (χ4v) is 4.22. The smallest absolute Gasteiger partial charge is 0.409 e. The SMILES string of the molecule is CNC(=O)c1cc(F)c(-c2cc3cc(C)ccc3n2CC2CN(C(=O)OC)CCO2)c(F)c1. The van der Waals surface area contributed by atoms with Crippen molar-refractivity contribution in [1.29, 1.82) is 0 Å². The fraction of sp³-hybridized carbons (Fsp3) is 0.333. The van der Waals surface area contributed by atoms with Crippen LogP contribution in [0.15, 0.2) is 36.4 Å². The fourth-order valence-electron chi connectivity index (χ4n) is 4.22. The largest absolute Gasteiger partial charge is 0.453 e. The van der Waals surface area contributed by atoms with Gasteiger partial charge in [-0.3, -0.25) is 4.79 Å². The predicted octanol–water partition coefficient (Wildman–Crippen LogP) is 3.72. The molecule has 0 bridgehead atoms. The average Bonchev–Trinajstić information content (AvgIpc) is 3.14. The Labute approximate surface area is 189 Å². The quantitative estimate of drug-likeness (QED) is 0.648. The summed E-state index contributed by atoms with van der Waals surface area (Å²) in [5, 5.41) is 3.19. The van der Waals surface area contributed by atoms with E-state index in [0.29, 0.717) is 18.8 Å². The van der Waals surface area contributed by atoms with E-state index in [1.54, 1.807) is 15.5 Å². The third-order valence-corrected chi connectivity index (χ3v) is 5.80. The van der Waals surface area contributed by atoms with Crippen LogP contribution in [0.3, 0.4) is 0 Å². The Morgan fingerprint density at radius 2 is 1.91 bits per heavy atom. The number of carbonyl (C=O) groups excluding carboxylic acids is 2. The lowest BCUT2D eigenvalue weighted by atomic mass is 10.1. The van der Waals surface area contributed by atoms with Crippen LogP contribution in [-0.2, 0) is 16.0 Å². The number of hydrogen-bond donors (Lipinski definition) is 1. The van der Waals surface area contributed by atoms with Gasteiger partial charge in [0.1, 0.15) is 11.6 Å². The van der Waals surface area contributed by atoms with Crippen LogP contribution in [0, 0.1) is 18.6 Å². The maximum atomic E-state index is 15.1. The molecule has 0 spiro atoms. The number of methoxy groups -OCH3 is 1. The zero-order valence-electron chi connectivity index (χ0n) is 18.7. The molecule has 0 radical (unpaired) electrons. The highest BCUT2D eigenvalue weighted by Gasteiger charge is 2.27. The first-order valence-corrected chi connectivity index (χ1v) is 10.6. The second kappa shape index (κ2) is 9.19. The number of rotatable bonds is 4. The number of hydrogen-bond acceptors (Lipinski definition) is 4. The minimum absolute atomic E-state index is 0.0981. The van der Waals surface area contributed by atoms with E-state index in [9.17, 15) is 9.59 Å². The Balaban J connectivity index is 1.79. The second-order valence-electron chi connectivity index (χ2n) is 8.01. The summed E-state index contributed by atoms with van der Waals surface area (Å²) in [7, 11) is 2.72. The lowest BCUT2D eigenvalue weighted by molar-refractivity contribution is -0.0309. The van der Waals surface area contributed by atoms with E-state index < -0.39 is 29.7 Å². The summed E-state index contributed by atoms with van der Waals surface area (Å²) >= 11 is 0. The highest BCUT2D eigenvalue weighted by Crippen LogP contribution is 2.34. The van der Waals surface area contributed by atoms with Crippen molar-refractivity contribution in [2.24, 2.45) is 0 Å². The summed E-state index contributed by atoms with van der Waals surface area (Å²) in [6, 6.07) is 9.54. The van der Waals surface area contributed by atoms with Gasteiger partial charge in [-0.25, -0.2) is 13.6 Å². The number of carbonyl (C=O) groups is 2. The molecule has 2 amide bonds. The third-order valence-electron chi connectivity index (χ3n) is 5.80. The van der Waals surface area contributed by atoms with E-state index in [1.807, 2.05) is 25.1 Å². The molecule has 0 aliphatic carbocycles. The molecule has 1 saturated heterocycles. The summed E-state index contributed by atoms with van der Waals surface area (Å²) in [6.07, 6.45) is -0.844. The van der Waals surface area contributed by atoms with E-state index in [4.69, 9.17) is 9.47 Å². The first kappa shape index (κ1) is 22.7. The summed E-state index contributed by atoms with van der Waals surface area (Å²) in [5.41, 5.74) is 1.79. The molecule has 174 valence electrons. The first-order valence-electron chi connectivity index (χ1n) is 10.6. The number of fused-ring (bicyclic) bond motifs is 1. The van der Waals surface area contributed by atoms with Gasteiger partial charge in [-0.15, -0.1) is 0 Å². The van der Waals surface area contributed by atoms with Crippen LogP contribution >= 0.6 is 0 Å². The minimum atomic E-state index is -0.838. The maximum Gasteiger partial charge on any atom is 0.409 e. The average molecular weight is 457 g/mol. The number of morpholine rings is 1. The van der Waals surface area contributed by atoms with Gasteiger partial charge in [0.05, 0.1) is 44.2 Å². The predicted molar refractivity (Wildman–Crippen MR) is 119 cm³/mol. The molecule has 7 nitrogen and oxygen atoms in total. The number of amides is 2. The third kappa shape index (κ3) is 4.41. The van der Waals surface area contributed by atoms with Gasteiger partial charge in [0.2, 0.25) is 0 Å². The van der Waals surface area contributed by atoms with Crippen molar-refractivity contribution in [3.8, 4) is 11.3 Å². The summed E-state index contributed by atoms with van der Waals surface area (Å²) in [6.45, 7) is 3.24. The Morgan fingerprint density at radius 3 is 2.58 bits per heavy atom. The van der Waals surface area contributed by atoms with Gasteiger partial charge in [-0.1, -0.05) is 11.6 Å². The minimum Gasteiger partial charge on any atom is -0.453 e. The van der Waals surface area contributed by atoms with Crippen LogP contribution in [-0.4, -0.2) is 61.4 Å². The van der Waals surface area contributed by atoms with Crippen LogP contribution < -0.4 is 5.32 Å². The van der Waals surface area contributed by atoms with Crippen LogP contribution in [0.1, 0.15) is 15.9 Å². The molecule has 1 N–H and O–H groups in total. The Hall–Kier alpha value is -3.46. The Morgan fingerprint density at radius 1 is 1.18 bits per heavy atom. The molecule has 1 aromatic heterocycles. The summed E-state index contributed by atoms with van der Waals surface area (Å²) in [4.78, 5) is 25.4. The normalized spacial score (nSPS) is 16.2. The molecular formula is C24H25F2N3O4. The molecule has 2 heterocycles. The number of benzene rings is 2. The van der Waals surface area contributed by atoms with Gasteiger partial charge in [-0.2, -0.15) is 0 Å². The molecule has 4 rings (SSSR count). The molecule has 1 fully saturated rings. The van der Waals surface area contributed by atoms with Crippen molar-refractivity contribution in [1.82, 2.24) is 14.8 Å². The maximum absolute atomic E-state index is 15.1. The molecule has 2 aromatic carbocycles. The van der Waals surface area contributed by atoms with E-state index in [2.05, 4.69) is 5.32 Å². The number of nitrogens with zero attached hydrogens (tertiary/aromatic N) is 2. The van der Waals surface area contributed by atoms with E-state index >= 15 is 8.78 Å². The van der Waals surface area contributed by atoms with Gasteiger partial charge in [0.25, 0.3) is 5.91 Å². The topological polar surface area (TPSA) is 72.8 Å². The highest BCUT2D eigenvalue weighted by atomic mass is 19.1. The van der Waals surface area contributed by atoms with Crippen LogP contribution in [0.4, 0.5) is 13.6 Å². The van der Waals surface area contributed by atoms with Gasteiger partial charge in [0, 0.05) is 30.1 Å². The van der Waals surface area contributed by atoms with Gasteiger partial charge in [0.15, 0.2) is 0 Å². The number of ether oxygens (including phenoxy) is 2. The molecule has 0 saturated carbocycles. The molecule has 9 heteroatoms. The van der Waals surface area contributed by atoms with Crippen LogP contribution in [0.2, 0.25) is 0 Å². The molecule has 33 heavy (non-hydrogen) atoms. The van der Waals surface area contributed by atoms with Crippen molar-refractivity contribution < 1.29 is 27.8 Å². The summed E-state index contributed by atoms with van der Waals surface area (Å²) in [5.74, 6) is -2.25. The lowest BCUT2D eigenvalue weighted by Crippen LogP contribution is -2.47. The second-order valence-corrected chi connectivity index (χ2v) is 8.01. The van der Waals surface area contributed by atoms with Crippen LogP contribution in [0.5, 0.6) is 0 Å². The van der Waals surface area contributed by atoms with Crippen LogP contribution in [0.25, 0.3) is 22.2 Å². The van der Waals surface area contributed by atoms with E-state index in [1.165, 1.54) is 14.2 Å². The Bertz CT molecular complexity index is 1200. The number of nitrogens with one attached hydrogen (secondary N) is 1. The lowest BCUT2D eigenvalue weighted by Gasteiger charge is -2.32. The number of aryl methyl sites for hydroxylation is 1. The monoisotopic (exact) mass is 457 g/mol. The zero-order chi connectivity index (χ0) is 23.7. The molecule has 1 aliphatic rings. The van der Waals surface area contributed by atoms with Crippen molar-refractivity contribution in [3.05, 3.63) is 59.2 Å². The van der Waals surface area contributed by atoms with E-state index in [0.717, 1.165) is 28.6 Å². The molecule has 1 aliphatic heterocycles. The van der Waals surface area contributed by atoms with E-state index in [-0.39, 0.29) is 24.2 Å². The van der Waals surface area contributed by atoms with Gasteiger partial charge < -0.3 is 24.3 Å². The van der Waals surface area contributed by atoms with Gasteiger partial charge in [-0.05, 0) is 37.3 Å². The molecule has 1 atom stereocenters. The standard InChI is InChI=1S/C24H25F2N3O4/c1-14-4-5-20-15(8-14)11-21(22-18(25)9-16(10-19(22)26)23(30)27-2)29(20)13-17-12-28(6-7-33-17)24(31)32-3/h4-5,8-11,17H,6-7,12-13H2,1-3H3,(H,27,30). The molecule has 1 unspecified atom stereocenters. The molecule has 3 aromatic rings. The van der Waals surface area contributed by atoms with Crippen molar-refractivity contribution in [3.63, 3.8) is 0 Å².